The highest BCUT2D eigenvalue weighted by atomic mass is 16.3. The molecule has 57 heavy (non-hydrogen) atoms. The van der Waals surface area contributed by atoms with Crippen LogP contribution in [0.2, 0.25) is 0 Å². The highest BCUT2D eigenvalue weighted by molar-refractivity contribution is 6.13. The number of benzene rings is 8. The molecule has 0 fully saturated rings. The maximum Gasteiger partial charge on any atom is 0.167 e. The van der Waals surface area contributed by atoms with Crippen molar-refractivity contribution in [2.75, 3.05) is 0 Å². The quantitative estimate of drug-likeness (QED) is 0.176. The Hall–Kier alpha value is -7.83. The summed E-state index contributed by atoms with van der Waals surface area (Å²) >= 11 is 0. The third-order valence-corrected chi connectivity index (χ3v) is 10.6. The Labute approximate surface area is 334 Å². The standard InChI is InChI=1S/C51H30N4O2/c1-2-14-31(15-3-1)49-52-50(54-51(53-49)40-23-13-21-38-36-19-7-11-27-46(36)57-48(38)40)32-28-29-44(55-42-24-8-4-16-33(42)34-17-5-9-25-43(34)55)41(30-32)39-22-12-20-37-35-18-6-10-26-45(35)56-47(37)39/h1-30H/i6D,12D,18D,20D,22D,26D. The van der Waals surface area contributed by atoms with E-state index in [0.717, 1.165) is 43.7 Å². The molecule has 6 heteroatoms. The van der Waals surface area contributed by atoms with E-state index in [2.05, 4.69) is 16.7 Å². The predicted octanol–water partition coefficient (Wildman–Crippen LogP) is 13.4. The first kappa shape index (κ1) is 26.1. The van der Waals surface area contributed by atoms with Crippen LogP contribution in [0.1, 0.15) is 8.22 Å². The topological polar surface area (TPSA) is 69.9 Å². The molecule has 0 spiro atoms. The van der Waals surface area contributed by atoms with Crippen LogP contribution in [-0.2, 0) is 0 Å². The largest absolute Gasteiger partial charge is 0.455 e. The molecule has 8 aromatic carbocycles. The van der Waals surface area contributed by atoms with Gasteiger partial charge in [0, 0.05) is 54.6 Å². The molecule has 4 aromatic heterocycles. The minimum absolute atomic E-state index is 0.00897. The molecular weight excluding hydrogens is 701 g/mol. The van der Waals surface area contributed by atoms with Gasteiger partial charge in [-0.15, -0.1) is 0 Å². The highest BCUT2D eigenvalue weighted by Crippen LogP contribution is 2.43. The molecule has 0 saturated carbocycles. The molecule has 266 valence electrons. The molecule has 0 aliphatic heterocycles. The fraction of sp³-hybridized carbons (Fsp3) is 0. The third kappa shape index (κ3) is 4.87. The summed E-state index contributed by atoms with van der Waals surface area (Å²) in [6.07, 6.45) is 0. The molecule has 0 amide bonds. The van der Waals surface area contributed by atoms with Gasteiger partial charge >= 0.3 is 0 Å². The monoisotopic (exact) mass is 736 g/mol. The average Bonchev–Trinajstić information content (AvgIpc) is 4.01. The Morgan fingerprint density at radius 2 is 1.05 bits per heavy atom. The van der Waals surface area contributed by atoms with Crippen molar-refractivity contribution in [1.82, 2.24) is 19.5 Å². The van der Waals surface area contributed by atoms with Gasteiger partial charge in [0.05, 0.1) is 30.5 Å². The van der Waals surface area contributed by atoms with Gasteiger partial charge < -0.3 is 13.4 Å². The summed E-state index contributed by atoms with van der Waals surface area (Å²) in [4.78, 5) is 15.2. The first-order valence-corrected chi connectivity index (χ1v) is 18.5. The van der Waals surface area contributed by atoms with E-state index in [1.165, 1.54) is 6.07 Å². The van der Waals surface area contributed by atoms with Crippen molar-refractivity contribution in [2.24, 2.45) is 0 Å². The van der Waals surface area contributed by atoms with E-state index in [0.29, 0.717) is 45.4 Å². The fourth-order valence-electron chi connectivity index (χ4n) is 8.08. The van der Waals surface area contributed by atoms with Crippen LogP contribution in [-0.4, -0.2) is 19.5 Å². The van der Waals surface area contributed by atoms with E-state index in [1.807, 2.05) is 127 Å². The summed E-state index contributed by atoms with van der Waals surface area (Å²) in [6.45, 7) is 0. The molecule has 0 unspecified atom stereocenters. The molecular formula is C51H30N4O2. The molecule has 0 N–H and O–H groups in total. The van der Waals surface area contributed by atoms with Crippen molar-refractivity contribution < 1.29 is 17.1 Å². The SMILES string of the molecule is [2H]c1cc([2H])c2oc3c(-c4cc(-c5nc(-c6ccccc6)nc(-c6cccc7c6oc6ccccc67)n5)ccc4-n4c5ccccc5c5ccccc54)c([2H])c([2H])c([2H])c3c2c1[2H]. The van der Waals surface area contributed by atoms with Gasteiger partial charge in [0.15, 0.2) is 17.5 Å². The van der Waals surface area contributed by atoms with Crippen molar-refractivity contribution in [1.29, 1.82) is 0 Å². The van der Waals surface area contributed by atoms with Gasteiger partial charge in [-0.05, 0) is 48.5 Å². The van der Waals surface area contributed by atoms with Gasteiger partial charge in [0.2, 0.25) is 0 Å². The second kappa shape index (κ2) is 12.3. The molecule has 12 aromatic rings. The number of rotatable bonds is 5. The minimum Gasteiger partial charge on any atom is -0.455 e. The van der Waals surface area contributed by atoms with Crippen molar-refractivity contribution >= 4 is 65.7 Å². The fourth-order valence-corrected chi connectivity index (χ4v) is 8.08. The Kier molecular flexibility index (Phi) is 5.64. The van der Waals surface area contributed by atoms with Gasteiger partial charge in [-0.25, -0.2) is 15.0 Å². The van der Waals surface area contributed by atoms with Crippen LogP contribution >= 0.6 is 0 Å². The lowest BCUT2D eigenvalue weighted by Gasteiger charge is -2.16. The number of furan rings is 2. The van der Waals surface area contributed by atoms with Crippen molar-refractivity contribution in [2.45, 2.75) is 0 Å². The van der Waals surface area contributed by atoms with Crippen molar-refractivity contribution in [3.63, 3.8) is 0 Å². The lowest BCUT2D eigenvalue weighted by atomic mass is 9.97. The minimum atomic E-state index is -0.382. The number of fused-ring (bicyclic) bond motifs is 9. The molecule has 4 heterocycles. The lowest BCUT2D eigenvalue weighted by molar-refractivity contribution is 0.669. The molecule has 0 bridgehead atoms. The Balaban J connectivity index is 1.19. The van der Waals surface area contributed by atoms with Crippen LogP contribution in [0.4, 0.5) is 0 Å². The number of aromatic nitrogens is 4. The van der Waals surface area contributed by atoms with Crippen LogP contribution < -0.4 is 0 Å². The van der Waals surface area contributed by atoms with E-state index >= 15 is 0 Å². The molecule has 6 nitrogen and oxygen atoms in total. The Bertz CT molecular complexity index is 3840. The number of hydrogen-bond acceptors (Lipinski definition) is 5. The van der Waals surface area contributed by atoms with Gasteiger partial charge in [-0.1, -0.05) is 133 Å². The van der Waals surface area contributed by atoms with Crippen LogP contribution in [0.15, 0.2) is 191 Å². The maximum atomic E-state index is 9.56. The van der Waals surface area contributed by atoms with Gasteiger partial charge in [0.1, 0.15) is 22.3 Å². The van der Waals surface area contributed by atoms with E-state index in [4.69, 9.17) is 30.6 Å². The number of nitrogens with zero attached hydrogens (tertiary/aromatic N) is 4. The van der Waals surface area contributed by atoms with E-state index in [9.17, 15) is 1.37 Å². The Morgan fingerprint density at radius 1 is 0.404 bits per heavy atom. The first-order chi connectivity index (χ1) is 30.7. The summed E-state index contributed by atoms with van der Waals surface area (Å²) in [5.74, 6) is 1.15. The summed E-state index contributed by atoms with van der Waals surface area (Å²) < 4.78 is 68.9. The van der Waals surface area contributed by atoms with Crippen LogP contribution in [0, 0.1) is 0 Å². The van der Waals surface area contributed by atoms with E-state index in [1.54, 1.807) is 0 Å². The smallest absolute Gasteiger partial charge is 0.167 e. The van der Waals surface area contributed by atoms with Gasteiger partial charge in [0.25, 0.3) is 0 Å². The van der Waals surface area contributed by atoms with E-state index < -0.39 is 0 Å². The second-order valence-corrected chi connectivity index (χ2v) is 13.9. The second-order valence-electron chi connectivity index (χ2n) is 13.9. The molecule has 0 radical (unpaired) electrons. The van der Waals surface area contributed by atoms with Gasteiger partial charge in [-0.3, -0.25) is 0 Å². The average molecular weight is 737 g/mol. The predicted molar refractivity (Wildman–Crippen MR) is 230 cm³/mol. The van der Waals surface area contributed by atoms with Crippen molar-refractivity contribution in [3.8, 4) is 51.0 Å². The molecule has 0 aliphatic carbocycles. The maximum absolute atomic E-state index is 9.56. The summed E-state index contributed by atoms with van der Waals surface area (Å²) in [5.41, 5.74) is 6.58. The van der Waals surface area contributed by atoms with Crippen LogP contribution in [0.25, 0.3) is 117 Å². The Morgan fingerprint density at radius 3 is 1.88 bits per heavy atom. The summed E-state index contributed by atoms with van der Waals surface area (Å²) in [6, 6.07) is 45.0. The van der Waals surface area contributed by atoms with E-state index in [-0.39, 0.29) is 63.8 Å². The summed E-state index contributed by atoms with van der Waals surface area (Å²) in [7, 11) is 0. The van der Waals surface area contributed by atoms with Gasteiger partial charge in [-0.2, -0.15) is 0 Å². The van der Waals surface area contributed by atoms with Crippen LogP contribution in [0.3, 0.4) is 0 Å². The lowest BCUT2D eigenvalue weighted by Crippen LogP contribution is -2.02. The molecule has 0 aliphatic rings. The normalized spacial score (nSPS) is 13.3. The first-order valence-electron chi connectivity index (χ1n) is 21.5. The zero-order valence-corrected chi connectivity index (χ0v) is 30.0. The number of hydrogen-bond donors (Lipinski definition) is 0. The molecule has 0 saturated heterocycles. The van der Waals surface area contributed by atoms with Crippen molar-refractivity contribution in [3.05, 3.63) is 182 Å². The van der Waals surface area contributed by atoms with Crippen LogP contribution in [0.5, 0.6) is 0 Å². The zero-order chi connectivity index (χ0) is 42.7. The third-order valence-electron chi connectivity index (χ3n) is 10.6. The molecule has 0 atom stereocenters. The zero-order valence-electron chi connectivity index (χ0n) is 36.0. The highest BCUT2D eigenvalue weighted by Gasteiger charge is 2.22. The number of para-hydroxylation sites is 6. The summed E-state index contributed by atoms with van der Waals surface area (Å²) in [5, 5.41) is 4.12. The molecule has 12 rings (SSSR count).